The van der Waals surface area contributed by atoms with Crippen LogP contribution in [0.25, 0.3) is 0 Å². The van der Waals surface area contributed by atoms with Crippen molar-refractivity contribution in [3.05, 3.63) is 88.0 Å². The van der Waals surface area contributed by atoms with E-state index in [1.165, 1.54) is 28.0 Å². The molecule has 3 aromatic carbocycles. The number of carbonyl (C=O) groups excluding carboxylic acids is 1. The number of carboxylic acid groups (broad SMARTS) is 3. The van der Waals surface area contributed by atoms with Crippen LogP contribution in [-0.2, 0) is 45.1 Å². The number of carboxylic acids is 3. The number of rotatable bonds is 19. The van der Waals surface area contributed by atoms with Gasteiger partial charge in [0.15, 0.2) is 11.6 Å². The summed E-state index contributed by atoms with van der Waals surface area (Å²) in [6, 6.07) is 8.91. The quantitative estimate of drug-likeness (QED) is 0.0525. The topological polar surface area (TPSA) is 185 Å². The molecule has 0 aliphatic heterocycles. The highest BCUT2D eigenvalue weighted by molar-refractivity contribution is 5.72. The second-order valence-electron chi connectivity index (χ2n) is 11.2. The molecule has 3 rings (SSSR count). The number of phenolic OH excluding ortho intramolecular Hbond substituents is 2. The van der Waals surface area contributed by atoms with E-state index in [-0.39, 0.29) is 69.4 Å². The average Bonchev–Trinajstić information content (AvgIpc) is 3.02. The summed E-state index contributed by atoms with van der Waals surface area (Å²) < 4.78 is 58.9. The Labute approximate surface area is 277 Å². The van der Waals surface area contributed by atoms with Crippen LogP contribution in [-0.4, -0.2) is 85.4 Å². The van der Waals surface area contributed by atoms with Crippen LogP contribution in [0.2, 0.25) is 0 Å². The van der Waals surface area contributed by atoms with Crippen molar-refractivity contribution in [2.75, 3.05) is 26.2 Å². The molecule has 0 amide bonds. The normalized spacial score (nSPS) is 11.2. The van der Waals surface area contributed by atoms with Gasteiger partial charge in [-0.05, 0) is 42.5 Å². The molecule has 0 aliphatic rings. The van der Waals surface area contributed by atoms with Gasteiger partial charge in [-0.3, -0.25) is 29.0 Å². The smallest absolute Gasteiger partial charge is 0.317 e. The number of ether oxygens (including phenoxy) is 1. The van der Waals surface area contributed by atoms with E-state index in [9.17, 15) is 57.2 Å². The Morgan fingerprint density at radius 1 is 0.633 bits per heavy atom. The van der Waals surface area contributed by atoms with Gasteiger partial charge in [0.1, 0.15) is 11.5 Å². The lowest BCUT2D eigenvalue weighted by Gasteiger charge is -2.26. The maximum Gasteiger partial charge on any atom is 0.317 e. The number of esters is 1. The molecular weight excluding hydrogens is 660 g/mol. The summed E-state index contributed by atoms with van der Waals surface area (Å²) in [5.74, 6) is -13.5. The number of hydrogen-bond acceptors (Lipinski definition) is 9. The minimum absolute atomic E-state index is 0.0162. The molecule has 0 aliphatic carbocycles. The van der Waals surface area contributed by atoms with Crippen LogP contribution in [0.15, 0.2) is 42.5 Å². The highest BCUT2D eigenvalue weighted by Gasteiger charge is 2.23. The molecule has 0 radical (unpaired) electrons. The highest BCUT2D eigenvalue weighted by Crippen LogP contribution is 2.27. The third kappa shape index (κ3) is 12.1. The van der Waals surface area contributed by atoms with Crippen LogP contribution >= 0.6 is 0 Å². The zero-order chi connectivity index (χ0) is 36.2. The number of aromatic hydroxyl groups is 2. The van der Waals surface area contributed by atoms with E-state index in [1.54, 1.807) is 18.2 Å². The number of aryl methyl sites for hydroxylation is 2. The summed E-state index contributed by atoms with van der Waals surface area (Å²) in [6.45, 7) is -1.04. The first kappa shape index (κ1) is 38.2. The van der Waals surface area contributed by atoms with Crippen LogP contribution in [0.5, 0.6) is 17.2 Å². The summed E-state index contributed by atoms with van der Waals surface area (Å²) >= 11 is 0. The summed E-state index contributed by atoms with van der Waals surface area (Å²) in [5, 5.41) is 48.8. The Hall–Kier alpha value is -5.22. The summed E-state index contributed by atoms with van der Waals surface area (Å²) in [7, 11) is 0. The monoisotopic (exact) mass is 694 g/mol. The fourth-order valence-corrected chi connectivity index (χ4v) is 4.91. The van der Waals surface area contributed by atoms with Crippen LogP contribution < -0.4 is 4.74 Å². The molecule has 49 heavy (non-hydrogen) atoms. The third-order valence-electron chi connectivity index (χ3n) is 7.29. The predicted molar refractivity (Wildman–Crippen MR) is 163 cm³/mol. The largest absolute Gasteiger partial charge is 0.508 e. The van der Waals surface area contributed by atoms with Crippen molar-refractivity contribution in [1.82, 2.24) is 9.80 Å². The molecule has 0 bridgehead atoms. The van der Waals surface area contributed by atoms with E-state index in [0.29, 0.717) is 22.3 Å². The van der Waals surface area contributed by atoms with Gasteiger partial charge >= 0.3 is 23.9 Å². The molecular formula is C33H34F4N2O10. The van der Waals surface area contributed by atoms with Gasteiger partial charge in [0.2, 0.25) is 17.4 Å². The summed E-state index contributed by atoms with van der Waals surface area (Å²) in [4.78, 5) is 49.2. The number of aliphatic carboxylic acids is 3. The maximum absolute atomic E-state index is 13.8. The van der Waals surface area contributed by atoms with Crippen molar-refractivity contribution >= 4 is 23.9 Å². The molecule has 16 heteroatoms. The number of hydrogen-bond donors (Lipinski definition) is 5. The van der Waals surface area contributed by atoms with Crippen molar-refractivity contribution in [2.24, 2.45) is 0 Å². The minimum atomic E-state index is -1.85. The van der Waals surface area contributed by atoms with Crippen LogP contribution in [0.1, 0.15) is 41.5 Å². The van der Waals surface area contributed by atoms with E-state index >= 15 is 0 Å². The summed E-state index contributed by atoms with van der Waals surface area (Å²) in [5.41, 5.74) is 1.85. The molecule has 0 saturated heterocycles. The fraction of sp³-hybridized carbons (Fsp3) is 0.333. The molecule has 0 unspecified atom stereocenters. The van der Waals surface area contributed by atoms with E-state index in [2.05, 4.69) is 4.74 Å². The van der Waals surface area contributed by atoms with Gasteiger partial charge in [-0.15, -0.1) is 0 Å². The molecule has 0 aromatic heterocycles. The number of phenols is 2. The number of nitrogens with zero attached hydrogens (tertiary/aromatic N) is 2. The van der Waals surface area contributed by atoms with Gasteiger partial charge in [0.05, 0.1) is 13.1 Å². The van der Waals surface area contributed by atoms with Gasteiger partial charge in [-0.2, -0.15) is 8.78 Å². The molecule has 0 spiro atoms. The van der Waals surface area contributed by atoms with Crippen molar-refractivity contribution in [1.29, 1.82) is 0 Å². The lowest BCUT2D eigenvalue weighted by molar-refractivity contribution is -0.140. The maximum atomic E-state index is 13.8. The molecule has 264 valence electrons. The fourth-order valence-electron chi connectivity index (χ4n) is 4.91. The second kappa shape index (κ2) is 17.8. The molecule has 3 aromatic rings. The predicted octanol–water partition coefficient (Wildman–Crippen LogP) is 4.07. The van der Waals surface area contributed by atoms with Gasteiger partial charge < -0.3 is 30.3 Å². The SMILES string of the molecule is O=C(O)CCc1ccc(O)c(CN(CCN(CC(=O)O)Cc2cc(CCCC(=O)Oc3c(F)c(F)cc(F)c3F)ccc2O)CC(=O)O)c1. The molecule has 0 saturated carbocycles. The Morgan fingerprint density at radius 3 is 1.55 bits per heavy atom. The van der Waals surface area contributed by atoms with Gasteiger partial charge in [0.25, 0.3) is 0 Å². The van der Waals surface area contributed by atoms with Crippen LogP contribution in [0.4, 0.5) is 17.6 Å². The zero-order valence-electron chi connectivity index (χ0n) is 26.0. The zero-order valence-corrected chi connectivity index (χ0v) is 26.0. The van der Waals surface area contributed by atoms with Gasteiger partial charge in [-0.25, -0.2) is 8.78 Å². The lowest BCUT2D eigenvalue weighted by Crippen LogP contribution is -2.39. The first-order valence-electron chi connectivity index (χ1n) is 14.9. The third-order valence-corrected chi connectivity index (χ3v) is 7.29. The molecule has 0 atom stereocenters. The molecule has 12 nitrogen and oxygen atoms in total. The number of carbonyl (C=O) groups is 4. The average molecular weight is 695 g/mol. The second-order valence-corrected chi connectivity index (χ2v) is 11.2. The Bertz CT molecular complexity index is 1660. The van der Waals surface area contributed by atoms with Crippen molar-refractivity contribution in [3.8, 4) is 17.2 Å². The van der Waals surface area contributed by atoms with E-state index in [0.717, 1.165) is 0 Å². The van der Waals surface area contributed by atoms with Gasteiger partial charge in [-0.1, -0.05) is 24.3 Å². The van der Waals surface area contributed by atoms with Crippen molar-refractivity contribution < 1.29 is 67.0 Å². The number of benzene rings is 3. The molecule has 5 N–H and O–H groups in total. The first-order valence-corrected chi connectivity index (χ1v) is 14.9. The summed E-state index contributed by atoms with van der Waals surface area (Å²) in [6.07, 6.45) is -0.0930. The molecule has 0 heterocycles. The minimum Gasteiger partial charge on any atom is -0.508 e. The first-order chi connectivity index (χ1) is 23.1. The Balaban J connectivity index is 1.66. The molecule has 0 fully saturated rings. The van der Waals surface area contributed by atoms with Crippen molar-refractivity contribution in [3.63, 3.8) is 0 Å². The number of halogens is 4. The Kier molecular flexibility index (Phi) is 13.9. The van der Waals surface area contributed by atoms with Gasteiger partial charge in [0, 0.05) is 56.2 Å². The van der Waals surface area contributed by atoms with Crippen molar-refractivity contribution in [2.45, 2.75) is 45.2 Å². The standard InChI is InChI=1S/C33H34F4N2O10/c34-23-14-24(35)32(37)33(31(23)36)49-30(48)3-1-2-19-4-7-25(40)21(12-19)15-38(17-28(44)45)10-11-39(18-29(46)47)16-22-13-20(5-8-26(22)41)6-9-27(42)43/h4-5,7-8,12-14,40-41H,1-3,6,9-11,15-18H2,(H,42,43)(H,44,45)(H,46,47). The van der Waals surface area contributed by atoms with E-state index in [4.69, 9.17) is 5.11 Å². The highest BCUT2D eigenvalue weighted by atomic mass is 19.2. The van der Waals surface area contributed by atoms with E-state index in [1.807, 2.05) is 0 Å². The Morgan fingerprint density at radius 2 is 1.10 bits per heavy atom. The van der Waals surface area contributed by atoms with Crippen LogP contribution in [0.3, 0.4) is 0 Å². The van der Waals surface area contributed by atoms with Crippen LogP contribution in [0, 0.1) is 23.3 Å². The lowest BCUT2D eigenvalue weighted by atomic mass is 10.0. The van der Waals surface area contributed by atoms with E-state index < -0.39 is 72.4 Å².